The van der Waals surface area contributed by atoms with Gasteiger partial charge in [-0.3, -0.25) is 0 Å². The van der Waals surface area contributed by atoms with Gasteiger partial charge in [0.2, 0.25) is 10.0 Å². The molecular weight excluding hydrogens is 283 g/mol. The van der Waals surface area contributed by atoms with Crippen molar-refractivity contribution < 1.29 is 8.42 Å². The first-order valence-electron chi connectivity index (χ1n) is 5.03. The highest BCUT2D eigenvalue weighted by molar-refractivity contribution is 7.89. The zero-order chi connectivity index (χ0) is 13.1. The monoisotopic (exact) mass is 296 g/mol. The molecule has 0 aliphatic carbocycles. The van der Waals surface area contributed by atoms with Crippen LogP contribution < -0.4 is 10.5 Å². The lowest BCUT2D eigenvalue weighted by Crippen LogP contribution is -2.29. The molecule has 0 aliphatic heterocycles. The van der Waals surface area contributed by atoms with Gasteiger partial charge in [0.1, 0.15) is 0 Å². The smallest absolute Gasteiger partial charge is 0.240 e. The Bertz CT molecular complexity index is 489. The van der Waals surface area contributed by atoms with Crippen LogP contribution in [0.1, 0.15) is 13.3 Å². The number of nitrogens with one attached hydrogen (secondary N) is 1. The van der Waals surface area contributed by atoms with Gasteiger partial charge in [0, 0.05) is 12.6 Å². The molecule has 0 radical (unpaired) electrons. The van der Waals surface area contributed by atoms with Crippen molar-refractivity contribution in [2.24, 2.45) is 5.73 Å². The van der Waals surface area contributed by atoms with Gasteiger partial charge in [0.25, 0.3) is 0 Å². The number of hydrogen-bond acceptors (Lipinski definition) is 3. The van der Waals surface area contributed by atoms with Gasteiger partial charge in [-0.25, -0.2) is 13.1 Å². The minimum atomic E-state index is -3.54. The molecule has 1 aromatic rings. The average Bonchev–Trinajstić information content (AvgIpc) is 2.21. The van der Waals surface area contributed by atoms with E-state index in [9.17, 15) is 8.42 Å². The van der Waals surface area contributed by atoms with E-state index in [0.29, 0.717) is 18.0 Å². The predicted octanol–water partition coefficient (Wildman–Crippen LogP) is 2.01. The molecule has 7 heteroatoms. The largest absolute Gasteiger partial charge is 0.328 e. The van der Waals surface area contributed by atoms with E-state index in [0.717, 1.165) is 0 Å². The second-order valence-corrected chi connectivity index (χ2v) is 6.32. The van der Waals surface area contributed by atoms with Crippen LogP contribution in [0.4, 0.5) is 0 Å². The summed E-state index contributed by atoms with van der Waals surface area (Å²) in [5.74, 6) is 0. The van der Waals surface area contributed by atoms with Crippen molar-refractivity contribution in [1.82, 2.24) is 4.72 Å². The third-order valence-electron chi connectivity index (χ3n) is 2.09. The zero-order valence-corrected chi connectivity index (χ0v) is 11.6. The lowest BCUT2D eigenvalue weighted by molar-refractivity contribution is 0.572. The van der Waals surface area contributed by atoms with Gasteiger partial charge in [-0.15, -0.1) is 0 Å². The molecule has 1 atom stereocenters. The SMILES string of the molecule is CC(N)CCNS(=O)(=O)c1ccc(Cl)c(Cl)c1. The van der Waals surface area contributed by atoms with Gasteiger partial charge in [-0.1, -0.05) is 23.2 Å². The number of nitrogens with two attached hydrogens (primary N) is 1. The van der Waals surface area contributed by atoms with Crippen molar-refractivity contribution in [3.63, 3.8) is 0 Å². The molecule has 0 fully saturated rings. The van der Waals surface area contributed by atoms with Crippen LogP contribution in [-0.2, 0) is 10.0 Å². The van der Waals surface area contributed by atoms with E-state index < -0.39 is 10.0 Å². The third-order valence-corrected chi connectivity index (χ3v) is 4.29. The van der Waals surface area contributed by atoms with Crippen molar-refractivity contribution in [1.29, 1.82) is 0 Å². The molecular formula is C10H14Cl2N2O2S. The summed E-state index contributed by atoms with van der Waals surface area (Å²) in [5, 5.41) is 0.530. The zero-order valence-electron chi connectivity index (χ0n) is 9.28. The fraction of sp³-hybridized carbons (Fsp3) is 0.400. The summed E-state index contributed by atoms with van der Waals surface area (Å²) in [5.41, 5.74) is 5.53. The summed E-state index contributed by atoms with van der Waals surface area (Å²) in [4.78, 5) is 0.0941. The molecule has 0 aromatic heterocycles. The minimum Gasteiger partial charge on any atom is -0.328 e. The van der Waals surface area contributed by atoms with Gasteiger partial charge in [0.05, 0.1) is 14.9 Å². The molecule has 0 heterocycles. The van der Waals surface area contributed by atoms with Gasteiger partial charge in [0.15, 0.2) is 0 Å². The topological polar surface area (TPSA) is 72.2 Å². The number of rotatable bonds is 5. The summed E-state index contributed by atoms with van der Waals surface area (Å²) < 4.78 is 26.1. The maximum absolute atomic E-state index is 11.8. The Balaban J connectivity index is 2.79. The Morgan fingerprint density at radius 1 is 1.35 bits per heavy atom. The van der Waals surface area contributed by atoms with E-state index in [4.69, 9.17) is 28.9 Å². The number of halogens is 2. The third kappa shape index (κ3) is 4.44. The van der Waals surface area contributed by atoms with Gasteiger partial charge in [-0.05, 0) is 31.5 Å². The molecule has 0 saturated carbocycles. The van der Waals surface area contributed by atoms with Crippen LogP contribution in [0.3, 0.4) is 0 Å². The Hall–Kier alpha value is -0.330. The van der Waals surface area contributed by atoms with Crippen LogP contribution >= 0.6 is 23.2 Å². The molecule has 1 rings (SSSR count). The van der Waals surface area contributed by atoms with E-state index in [2.05, 4.69) is 4.72 Å². The lowest BCUT2D eigenvalue weighted by Gasteiger charge is -2.09. The van der Waals surface area contributed by atoms with Gasteiger partial charge < -0.3 is 5.73 Å². The molecule has 1 aromatic carbocycles. The summed E-state index contributed by atoms with van der Waals surface area (Å²) in [7, 11) is -3.54. The summed E-state index contributed by atoms with van der Waals surface area (Å²) in [6.45, 7) is 2.10. The van der Waals surface area contributed by atoms with Crippen LogP contribution in [0, 0.1) is 0 Å². The second kappa shape index (κ2) is 6.02. The molecule has 4 nitrogen and oxygen atoms in total. The van der Waals surface area contributed by atoms with Crippen LogP contribution in [0.15, 0.2) is 23.1 Å². The second-order valence-electron chi connectivity index (χ2n) is 3.74. The number of hydrogen-bond donors (Lipinski definition) is 2. The Kier molecular flexibility index (Phi) is 5.22. The quantitative estimate of drug-likeness (QED) is 0.873. The van der Waals surface area contributed by atoms with Crippen molar-refractivity contribution in [3.05, 3.63) is 28.2 Å². The molecule has 0 amide bonds. The maximum atomic E-state index is 11.8. The highest BCUT2D eigenvalue weighted by Gasteiger charge is 2.14. The molecule has 96 valence electrons. The molecule has 0 aliphatic rings. The van der Waals surface area contributed by atoms with E-state index in [1.807, 2.05) is 6.92 Å². The van der Waals surface area contributed by atoms with Crippen molar-refractivity contribution >= 4 is 33.2 Å². The first kappa shape index (κ1) is 14.7. The van der Waals surface area contributed by atoms with Gasteiger partial charge in [-0.2, -0.15) is 0 Å². The lowest BCUT2D eigenvalue weighted by atomic mass is 10.3. The number of benzene rings is 1. The number of sulfonamides is 1. The fourth-order valence-electron chi connectivity index (χ4n) is 1.15. The Labute approximate surface area is 111 Å². The van der Waals surface area contributed by atoms with Crippen molar-refractivity contribution in [2.75, 3.05) is 6.54 Å². The van der Waals surface area contributed by atoms with Crippen LogP contribution in [0.25, 0.3) is 0 Å². The highest BCUT2D eigenvalue weighted by Crippen LogP contribution is 2.24. The van der Waals surface area contributed by atoms with Crippen LogP contribution in [0.2, 0.25) is 10.0 Å². The molecule has 1 unspecified atom stereocenters. The van der Waals surface area contributed by atoms with Crippen LogP contribution in [-0.4, -0.2) is 21.0 Å². The average molecular weight is 297 g/mol. The van der Waals surface area contributed by atoms with E-state index in [1.165, 1.54) is 18.2 Å². The van der Waals surface area contributed by atoms with E-state index in [1.54, 1.807) is 0 Å². The standard InChI is InChI=1S/C10H14Cl2N2O2S/c1-7(13)4-5-14-17(15,16)8-2-3-9(11)10(12)6-8/h2-3,6-7,14H,4-5,13H2,1H3. The molecule has 3 N–H and O–H groups in total. The highest BCUT2D eigenvalue weighted by atomic mass is 35.5. The van der Waals surface area contributed by atoms with E-state index in [-0.39, 0.29) is 16.0 Å². The molecule has 0 spiro atoms. The maximum Gasteiger partial charge on any atom is 0.240 e. The molecule has 0 bridgehead atoms. The fourth-order valence-corrected chi connectivity index (χ4v) is 2.58. The normalized spacial score (nSPS) is 13.6. The van der Waals surface area contributed by atoms with Gasteiger partial charge >= 0.3 is 0 Å². The van der Waals surface area contributed by atoms with Crippen LogP contribution in [0.5, 0.6) is 0 Å². The first-order chi connectivity index (χ1) is 7.83. The van der Waals surface area contributed by atoms with Crippen molar-refractivity contribution in [3.8, 4) is 0 Å². The Morgan fingerprint density at radius 3 is 2.53 bits per heavy atom. The predicted molar refractivity (Wildman–Crippen MR) is 69.9 cm³/mol. The molecule has 17 heavy (non-hydrogen) atoms. The Morgan fingerprint density at radius 2 is 2.00 bits per heavy atom. The first-order valence-corrected chi connectivity index (χ1v) is 7.27. The van der Waals surface area contributed by atoms with Crippen molar-refractivity contribution in [2.45, 2.75) is 24.3 Å². The molecule has 0 saturated heterocycles. The minimum absolute atomic E-state index is 0.0495. The summed E-state index contributed by atoms with van der Waals surface area (Å²) in [6.07, 6.45) is 0.570. The summed E-state index contributed by atoms with van der Waals surface area (Å²) in [6, 6.07) is 4.12. The van der Waals surface area contributed by atoms with E-state index >= 15 is 0 Å². The summed E-state index contributed by atoms with van der Waals surface area (Å²) >= 11 is 11.5.